The fourth-order valence-corrected chi connectivity index (χ4v) is 3.56. The summed E-state index contributed by atoms with van der Waals surface area (Å²) in [5.41, 5.74) is 1.80. The van der Waals surface area contributed by atoms with Crippen molar-refractivity contribution in [3.05, 3.63) is 108 Å². The van der Waals surface area contributed by atoms with Crippen molar-refractivity contribution < 1.29 is 19.1 Å². The molecule has 0 spiro atoms. The van der Waals surface area contributed by atoms with Crippen molar-refractivity contribution in [2.45, 2.75) is 0 Å². The Balaban J connectivity index is 1.71. The van der Waals surface area contributed by atoms with Crippen LogP contribution in [0.5, 0.6) is 11.5 Å². The third-order valence-electron chi connectivity index (χ3n) is 5.32. The molecule has 0 aliphatic heterocycles. The molecule has 2 amide bonds. The van der Waals surface area contributed by atoms with E-state index in [0.29, 0.717) is 22.7 Å². The quantitative estimate of drug-likeness (QED) is 0.375. The molecule has 0 saturated carbocycles. The minimum Gasteiger partial charge on any atom is -0.497 e. The second kappa shape index (κ2) is 10.4. The molecular formula is C28H24N2O4. The highest BCUT2D eigenvalue weighted by Gasteiger charge is 2.17. The SMILES string of the molecule is COc1ccc(C(=O)N/C(=C/c2cccc3ccccc23)C(=O)Nc2ccccc2OC)cc1. The number of carbonyl (C=O) groups is 2. The van der Waals surface area contributed by atoms with Crippen LogP contribution < -0.4 is 20.1 Å². The first-order valence-electron chi connectivity index (χ1n) is 10.7. The van der Waals surface area contributed by atoms with Crippen LogP contribution in [0.1, 0.15) is 15.9 Å². The van der Waals surface area contributed by atoms with E-state index < -0.39 is 11.8 Å². The summed E-state index contributed by atoms with van der Waals surface area (Å²) >= 11 is 0. The molecule has 0 radical (unpaired) electrons. The van der Waals surface area contributed by atoms with E-state index in [9.17, 15) is 9.59 Å². The highest BCUT2D eigenvalue weighted by atomic mass is 16.5. The van der Waals surface area contributed by atoms with Crippen LogP contribution in [-0.4, -0.2) is 26.0 Å². The van der Waals surface area contributed by atoms with Gasteiger partial charge in [0, 0.05) is 5.56 Å². The minimum absolute atomic E-state index is 0.100. The minimum atomic E-state index is -0.473. The summed E-state index contributed by atoms with van der Waals surface area (Å²) < 4.78 is 10.5. The standard InChI is InChI=1S/C28H24N2O4/c1-33-22-16-14-20(15-17-22)27(31)30-25(28(32)29-24-12-5-6-13-26(24)34-2)18-21-10-7-9-19-8-3-4-11-23(19)21/h3-18H,1-2H3,(H,29,32)(H,30,31)/b25-18+. The van der Waals surface area contributed by atoms with Crippen LogP contribution in [0, 0.1) is 0 Å². The average Bonchev–Trinajstić information content (AvgIpc) is 2.88. The highest BCUT2D eigenvalue weighted by molar-refractivity contribution is 6.12. The van der Waals surface area contributed by atoms with Gasteiger partial charge in [-0.05, 0) is 58.8 Å². The van der Waals surface area contributed by atoms with Crippen molar-refractivity contribution in [1.82, 2.24) is 5.32 Å². The fourth-order valence-electron chi connectivity index (χ4n) is 3.56. The van der Waals surface area contributed by atoms with Crippen LogP contribution in [0.4, 0.5) is 5.69 Å². The van der Waals surface area contributed by atoms with Crippen LogP contribution in [0.25, 0.3) is 16.8 Å². The third kappa shape index (κ3) is 5.07. The van der Waals surface area contributed by atoms with Gasteiger partial charge in [-0.2, -0.15) is 0 Å². The van der Waals surface area contributed by atoms with Crippen LogP contribution >= 0.6 is 0 Å². The maximum Gasteiger partial charge on any atom is 0.272 e. The molecule has 6 nitrogen and oxygen atoms in total. The number of hydrogen-bond donors (Lipinski definition) is 2. The number of hydrogen-bond acceptors (Lipinski definition) is 4. The van der Waals surface area contributed by atoms with Crippen molar-refractivity contribution in [1.29, 1.82) is 0 Å². The summed E-state index contributed by atoms with van der Waals surface area (Å²) in [6, 6.07) is 27.4. The van der Waals surface area contributed by atoms with Crippen molar-refractivity contribution in [2.75, 3.05) is 19.5 Å². The number of carbonyl (C=O) groups excluding carboxylic acids is 2. The molecule has 0 atom stereocenters. The van der Waals surface area contributed by atoms with Gasteiger partial charge in [-0.15, -0.1) is 0 Å². The van der Waals surface area contributed by atoms with Gasteiger partial charge in [0.1, 0.15) is 17.2 Å². The number of ether oxygens (including phenoxy) is 2. The van der Waals surface area contributed by atoms with Crippen molar-refractivity contribution in [2.24, 2.45) is 0 Å². The summed E-state index contributed by atoms with van der Waals surface area (Å²) in [6.07, 6.45) is 1.68. The molecule has 0 saturated heterocycles. The fraction of sp³-hybridized carbons (Fsp3) is 0.0714. The Morgan fingerprint density at radius 1 is 0.765 bits per heavy atom. The molecule has 4 aromatic rings. The van der Waals surface area contributed by atoms with Gasteiger partial charge < -0.3 is 20.1 Å². The third-order valence-corrected chi connectivity index (χ3v) is 5.32. The lowest BCUT2D eigenvalue weighted by Gasteiger charge is -2.14. The number of anilines is 1. The van der Waals surface area contributed by atoms with E-state index in [4.69, 9.17) is 9.47 Å². The van der Waals surface area contributed by atoms with Crippen molar-refractivity contribution in [3.63, 3.8) is 0 Å². The molecule has 6 heteroatoms. The zero-order valence-electron chi connectivity index (χ0n) is 18.9. The van der Waals surface area contributed by atoms with E-state index in [-0.39, 0.29) is 5.70 Å². The van der Waals surface area contributed by atoms with Crippen molar-refractivity contribution >= 4 is 34.4 Å². The Morgan fingerprint density at radius 2 is 1.47 bits per heavy atom. The summed E-state index contributed by atoms with van der Waals surface area (Å²) in [6.45, 7) is 0. The lowest BCUT2D eigenvalue weighted by atomic mass is 10.0. The lowest BCUT2D eigenvalue weighted by molar-refractivity contribution is -0.113. The topological polar surface area (TPSA) is 76.7 Å². The predicted molar refractivity (Wildman–Crippen MR) is 134 cm³/mol. The Kier molecular flexibility index (Phi) is 6.89. The number of para-hydroxylation sites is 2. The first-order chi connectivity index (χ1) is 16.6. The van der Waals surface area contributed by atoms with Gasteiger partial charge in [0.15, 0.2) is 0 Å². The smallest absolute Gasteiger partial charge is 0.272 e. The first-order valence-corrected chi connectivity index (χ1v) is 10.7. The molecule has 0 heterocycles. The highest BCUT2D eigenvalue weighted by Crippen LogP contribution is 2.25. The van der Waals surface area contributed by atoms with Gasteiger partial charge >= 0.3 is 0 Å². The molecule has 0 unspecified atom stereocenters. The van der Waals surface area contributed by atoms with Gasteiger partial charge in [0.2, 0.25) is 0 Å². The molecule has 0 aromatic heterocycles. The molecular weight excluding hydrogens is 428 g/mol. The molecule has 2 N–H and O–H groups in total. The van der Waals surface area contributed by atoms with Gasteiger partial charge in [-0.1, -0.05) is 54.6 Å². The van der Waals surface area contributed by atoms with E-state index in [1.54, 1.807) is 55.7 Å². The zero-order chi connectivity index (χ0) is 23.9. The van der Waals surface area contributed by atoms with Crippen LogP contribution in [-0.2, 0) is 4.79 Å². The van der Waals surface area contributed by atoms with Crippen LogP contribution in [0.15, 0.2) is 96.7 Å². The van der Waals surface area contributed by atoms with Crippen molar-refractivity contribution in [3.8, 4) is 11.5 Å². The molecule has 4 aromatic carbocycles. The first kappa shape index (κ1) is 22.6. The Hall–Kier alpha value is -4.58. The predicted octanol–water partition coefficient (Wildman–Crippen LogP) is 5.27. The van der Waals surface area contributed by atoms with E-state index in [2.05, 4.69) is 10.6 Å². The Bertz CT molecular complexity index is 1360. The average molecular weight is 453 g/mol. The van der Waals surface area contributed by atoms with Crippen LogP contribution in [0.2, 0.25) is 0 Å². The molecule has 4 rings (SSSR count). The zero-order valence-corrected chi connectivity index (χ0v) is 18.9. The number of nitrogens with one attached hydrogen (secondary N) is 2. The lowest BCUT2D eigenvalue weighted by Crippen LogP contribution is -2.30. The molecule has 0 bridgehead atoms. The molecule has 0 aliphatic rings. The van der Waals surface area contributed by atoms with E-state index in [0.717, 1.165) is 16.3 Å². The maximum absolute atomic E-state index is 13.3. The van der Waals surface area contributed by atoms with E-state index in [1.807, 2.05) is 48.5 Å². The number of methoxy groups -OCH3 is 2. The molecule has 0 fully saturated rings. The van der Waals surface area contributed by atoms with Gasteiger partial charge in [0.25, 0.3) is 11.8 Å². The largest absolute Gasteiger partial charge is 0.497 e. The number of benzene rings is 4. The second-order valence-corrected chi connectivity index (χ2v) is 7.46. The van der Waals surface area contributed by atoms with E-state index in [1.165, 1.54) is 7.11 Å². The van der Waals surface area contributed by atoms with Crippen LogP contribution in [0.3, 0.4) is 0 Å². The van der Waals surface area contributed by atoms with Gasteiger partial charge in [0.05, 0.1) is 19.9 Å². The van der Waals surface area contributed by atoms with Gasteiger partial charge in [-0.3, -0.25) is 9.59 Å². The number of rotatable bonds is 7. The Labute approximate surface area is 197 Å². The summed E-state index contributed by atoms with van der Waals surface area (Å²) in [5.74, 6) is 0.266. The number of amides is 2. The van der Waals surface area contributed by atoms with Gasteiger partial charge in [-0.25, -0.2) is 0 Å². The van der Waals surface area contributed by atoms with E-state index >= 15 is 0 Å². The Morgan fingerprint density at radius 3 is 2.24 bits per heavy atom. The molecule has 0 aliphatic carbocycles. The monoisotopic (exact) mass is 452 g/mol. The summed E-state index contributed by atoms with van der Waals surface area (Å²) in [7, 11) is 3.09. The maximum atomic E-state index is 13.3. The normalized spacial score (nSPS) is 11.1. The molecule has 34 heavy (non-hydrogen) atoms. The second-order valence-electron chi connectivity index (χ2n) is 7.46. The summed E-state index contributed by atoms with van der Waals surface area (Å²) in [5, 5.41) is 7.60. The number of fused-ring (bicyclic) bond motifs is 1. The molecule has 170 valence electrons. The summed E-state index contributed by atoms with van der Waals surface area (Å²) in [4.78, 5) is 26.3.